The van der Waals surface area contributed by atoms with Crippen LogP contribution < -0.4 is 26.6 Å². The number of nitrogens with one attached hydrogen (secondary N) is 5. The van der Waals surface area contributed by atoms with Crippen LogP contribution >= 0.6 is 11.8 Å². The van der Waals surface area contributed by atoms with Gasteiger partial charge in [0.15, 0.2) is 0 Å². The van der Waals surface area contributed by atoms with Gasteiger partial charge >= 0.3 is 0 Å². The molecule has 1 saturated heterocycles. The monoisotopic (exact) mass is 751 g/mol. The maximum absolute atomic E-state index is 14.2. The van der Waals surface area contributed by atoms with Crippen LogP contribution in [0, 0.1) is 0 Å². The van der Waals surface area contributed by atoms with Gasteiger partial charge in [0.25, 0.3) is 0 Å². The number of rotatable bonds is 17. The minimum absolute atomic E-state index is 0.0744. The number of hydrogen-bond donors (Lipinski definition) is 7. The van der Waals surface area contributed by atoms with E-state index in [2.05, 4.69) is 26.6 Å². The fourth-order valence-electron chi connectivity index (χ4n) is 6.45. The van der Waals surface area contributed by atoms with Crippen LogP contribution in [0.3, 0.4) is 0 Å². The number of aliphatic hydroxyl groups excluding tert-OH is 2. The molecule has 4 aromatic carbocycles. The lowest BCUT2D eigenvalue weighted by Gasteiger charge is -2.29. The fraction of sp³-hybridized carbons (Fsp3) is 0.333. The Morgan fingerprint density at radius 2 is 1.30 bits per heavy atom. The molecule has 0 bridgehead atoms. The molecule has 1 fully saturated rings. The molecular weight excluding hydrogens is 703 g/mol. The van der Waals surface area contributed by atoms with E-state index in [0.717, 1.165) is 22.3 Å². The molecule has 0 spiro atoms. The zero-order chi connectivity index (χ0) is 38.5. The first-order valence-electron chi connectivity index (χ1n) is 18.1. The first-order chi connectivity index (χ1) is 26.0. The summed E-state index contributed by atoms with van der Waals surface area (Å²) in [6.07, 6.45) is -1.28. The first-order valence-corrected chi connectivity index (χ1v) is 19.0. The van der Waals surface area contributed by atoms with E-state index in [9.17, 15) is 29.4 Å². The summed E-state index contributed by atoms with van der Waals surface area (Å²) in [5, 5.41) is 35.7. The van der Waals surface area contributed by atoms with E-state index >= 15 is 0 Å². The second kappa shape index (κ2) is 19.4. The molecule has 7 N–H and O–H groups in total. The minimum Gasteiger partial charge on any atom is -0.394 e. The highest BCUT2D eigenvalue weighted by molar-refractivity contribution is 8.01. The topological polar surface area (TPSA) is 169 Å². The SMILES string of the molecule is CC1(C)S[C@H]([C@H](NC(=O)Cc2ccccc2)C(=O)NCc2ccccc2)N[C@H]1C(=O)N[C@H](Cc1ccccc1)[C@H](O)CC(=O)N[C@H](CO)c1ccccc1. The third-order valence-electron chi connectivity index (χ3n) is 9.34. The van der Waals surface area contributed by atoms with Gasteiger partial charge in [-0.1, -0.05) is 121 Å². The predicted octanol–water partition coefficient (Wildman–Crippen LogP) is 3.17. The van der Waals surface area contributed by atoms with Gasteiger partial charge in [-0.3, -0.25) is 24.5 Å². The van der Waals surface area contributed by atoms with Crippen molar-refractivity contribution in [2.45, 2.75) is 80.0 Å². The maximum Gasteiger partial charge on any atom is 0.245 e. The number of benzene rings is 4. The molecule has 4 aromatic rings. The van der Waals surface area contributed by atoms with Gasteiger partial charge in [0.1, 0.15) is 12.1 Å². The van der Waals surface area contributed by atoms with Crippen molar-refractivity contribution in [3.05, 3.63) is 144 Å². The summed E-state index contributed by atoms with van der Waals surface area (Å²) in [6.45, 7) is 3.70. The number of thioether (sulfide) groups is 1. The van der Waals surface area contributed by atoms with Crippen LogP contribution in [0.1, 0.15) is 48.6 Å². The van der Waals surface area contributed by atoms with Crippen molar-refractivity contribution < 1.29 is 29.4 Å². The van der Waals surface area contributed by atoms with E-state index in [-0.39, 0.29) is 38.3 Å². The molecule has 0 unspecified atom stereocenters. The molecule has 284 valence electrons. The zero-order valence-corrected chi connectivity index (χ0v) is 31.3. The summed E-state index contributed by atoms with van der Waals surface area (Å²) in [5.41, 5.74) is 3.27. The van der Waals surface area contributed by atoms with Crippen LogP contribution in [0.5, 0.6) is 0 Å². The van der Waals surface area contributed by atoms with Crippen molar-refractivity contribution in [3.8, 4) is 0 Å². The van der Waals surface area contributed by atoms with E-state index in [1.165, 1.54) is 11.8 Å². The molecule has 11 nitrogen and oxygen atoms in total. The molecule has 0 saturated carbocycles. The Bertz CT molecular complexity index is 1820. The van der Waals surface area contributed by atoms with E-state index < -0.39 is 58.1 Å². The fourth-order valence-corrected chi connectivity index (χ4v) is 7.95. The van der Waals surface area contributed by atoms with Crippen molar-refractivity contribution in [1.29, 1.82) is 0 Å². The molecule has 1 heterocycles. The van der Waals surface area contributed by atoms with Crippen molar-refractivity contribution >= 4 is 35.4 Å². The number of aliphatic hydroxyl groups is 2. The lowest BCUT2D eigenvalue weighted by Crippen LogP contribution is -2.59. The van der Waals surface area contributed by atoms with E-state index in [1.807, 2.05) is 123 Å². The summed E-state index contributed by atoms with van der Waals surface area (Å²) in [4.78, 5) is 54.4. The van der Waals surface area contributed by atoms with Gasteiger partial charge in [0.2, 0.25) is 23.6 Å². The van der Waals surface area contributed by atoms with E-state index in [4.69, 9.17) is 0 Å². The minimum atomic E-state index is -1.27. The molecule has 5 rings (SSSR count). The molecule has 1 aliphatic rings. The largest absolute Gasteiger partial charge is 0.394 e. The number of carbonyl (C=O) groups excluding carboxylic acids is 4. The van der Waals surface area contributed by atoms with Gasteiger partial charge in [0, 0.05) is 11.3 Å². The Balaban J connectivity index is 1.30. The molecule has 12 heteroatoms. The first kappa shape index (κ1) is 40.2. The van der Waals surface area contributed by atoms with Crippen LogP contribution in [0.4, 0.5) is 0 Å². The van der Waals surface area contributed by atoms with Crippen LogP contribution in [0.25, 0.3) is 0 Å². The summed E-state index contributed by atoms with van der Waals surface area (Å²) in [6, 6.07) is 33.7. The standard InChI is InChI=1S/C42H49N5O6S/c1-42(2)38(47-41(54-42)37(39(52)43-26-30-19-11-5-12-20-30)46-35(50)24-29-17-9-4-10-18-29)40(53)45-32(23-28-15-7-3-8-16-28)34(49)25-36(51)44-33(27-48)31-21-13-6-14-22-31/h3-22,32-34,37-38,41,47-49H,23-27H2,1-2H3,(H,43,52)(H,44,51)(H,45,53)(H,46,50)/t32-,33-,34-,37-,38+,41-/m1/s1. The van der Waals surface area contributed by atoms with Crippen LogP contribution in [0.2, 0.25) is 0 Å². The van der Waals surface area contributed by atoms with Crippen LogP contribution in [-0.4, -0.2) is 74.8 Å². The average molecular weight is 752 g/mol. The summed E-state index contributed by atoms with van der Waals surface area (Å²) in [5.74, 6) is -1.65. The second-order valence-corrected chi connectivity index (χ2v) is 15.7. The average Bonchev–Trinajstić information content (AvgIpc) is 3.50. The van der Waals surface area contributed by atoms with Gasteiger partial charge in [-0.2, -0.15) is 0 Å². The molecule has 54 heavy (non-hydrogen) atoms. The Kier molecular flexibility index (Phi) is 14.4. The summed E-state index contributed by atoms with van der Waals surface area (Å²) in [7, 11) is 0. The highest BCUT2D eigenvalue weighted by Crippen LogP contribution is 2.39. The maximum atomic E-state index is 14.2. The number of hydrogen-bond acceptors (Lipinski definition) is 8. The smallest absolute Gasteiger partial charge is 0.245 e. The Hall–Kier alpha value is -5.01. The summed E-state index contributed by atoms with van der Waals surface area (Å²) < 4.78 is -0.749. The van der Waals surface area contributed by atoms with Crippen molar-refractivity contribution in [3.63, 3.8) is 0 Å². The third kappa shape index (κ3) is 11.5. The summed E-state index contributed by atoms with van der Waals surface area (Å²) >= 11 is 1.37. The predicted molar refractivity (Wildman–Crippen MR) is 210 cm³/mol. The Morgan fingerprint density at radius 1 is 0.741 bits per heavy atom. The van der Waals surface area contributed by atoms with Gasteiger partial charge in [-0.15, -0.1) is 11.8 Å². The van der Waals surface area contributed by atoms with Gasteiger partial charge in [-0.05, 0) is 42.5 Å². The van der Waals surface area contributed by atoms with Gasteiger partial charge in [0.05, 0.1) is 43.0 Å². The number of amides is 4. The van der Waals surface area contributed by atoms with Crippen LogP contribution in [-0.2, 0) is 38.6 Å². The molecule has 0 aromatic heterocycles. The lowest BCUT2D eigenvalue weighted by atomic mass is 9.96. The normalized spacial score (nSPS) is 18.4. The zero-order valence-electron chi connectivity index (χ0n) is 30.5. The highest BCUT2D eigenvalue weighted by atomic mass is 32.2. The van der Waals surface area contributed by atoms with E-state index in [1.54, 1.807) is 12.1 Å². The quantitative estimate of drug-likeness (QED) is 0.0864. The third-order valence-corrected chi connectivity index (χ3v) is 10.8. The highest BCUT2D eigenvalue weighted by Gasteiger charge is 2.49. The molecule has 4 amide bonds. The number of carbonyl (C=O) groups is 4. The molecule has 6 atom stereocenters. The lowest BCUT2D eigenvalue weighted by molar-refractivity contribution is -0.129. The van der Waals surface area contributed by atoms with Crippen molar-refractivity contribution in [2.24, 2.45) is 0 Å². The molecule has 0 radical (unpaired) electrons. The molecule has 0 aliphatic carbocycles. The van der Waals surface area contributed by atoms with E-state index in [0.29, 0.717) is 0 Å². The molecule has 1 aliphatic heterocycles. The molecular formula is C42H49N5O6S. The van der Waals surface area contributed by atoms with Gasteiger partial charge in [-0.25, -0.2) is 0 Å². The van der Waals surface area contributed by atoms with Crippen molar-refractivity contribution in [1.82, 2.24) is 26.6 Å². The Labute approximate surface area is 320 Å². The van der Waals surface area contributed by atoms with Crippen LogP contribution in [0.15, 0.2) is 121 Å². The van der Waals surface area contributed by atoms with Gasteiger partial charge < -0.3 is 31.5 Å². The van der Waals surface area contributed by atoms with Crippen molar-refractivity contribution in [2.75, 3.05) is 6.61 Å². The second-order valence-electron chi connectivity index (χ2n) is 13.9. The Morgan fingerprint density at radius 3 is 1.89 bits per heavy atom.